The maximum atomic E-state index is 10.9. The van der Waals surface area contributed by atoms with Gasteiger partial charge >= 0.3 is 0 Å². The van der Waals surface area contributed by atoms with Gasteiger partial charge in [0.1, 0.15) is 6.33 Å². The van der Waals surface area contributed by atoms with E-state index in [0.29, 0.717) is 13.2 Å². The highest BCUT2D eigenvalue weighted by Crippen LogP contribution is 2.44. The van der Waals surface area contributed by atoms with Crippen LogP contribution in [0.25, 0.3) is 0 Å². The van der Waals surface area contributed by atoms with E-state index >= 15 is 0 Å². The van der Waals surface area contributed by atoms with Crippen LogP contribution in [0.5, 0.6) is 0 Å². The quantitative estimate of drug-likeness (QED) is 0.929. The maximum Gasteiger partial charge on any atom is 0.115 e. The van der Waals surface area contributed by atoms with Crippen molar-refractivity contribution in [1.29, 1.82) is 0 Å². The van der Waals surface area contributed by atoms with Gasteiger partial charge in [0.15, 0.2) is 0 Å². The first-order valence-corrected chi connectivity index (χ1v) is 6.89. The fourth-order valence-electron chi connectivity index (χ4n) is 3.00. The summed E-state index contributed by atoms with van der Waals surface area (Å²) in [5.74, 6) is 0. The molecule has 1 unspecified atom stereocenters. The third-order valence-electron chi connectivity index (χ3n) is 4.15. The second-order valence-electron chi connectivity index (χ2n) is 5.21. The van der Waals surface area contributed by atoms with E-state index in [1.807, 2.05) is 18.2 Å². The lowest BCUT2D eigenvalue weighted by Gasteiger charge is -2.41. The van der Waals surface area contributed by atoms with Gasteiger partial charge in [-0.1, -0.05) is 30.3 Å². The van der Waals surface area contributed by atoms with Crippen LogP contribution >= 0.6 is 0 Å². The van der Waals surface area contributed by atoms with E-state index in [2.05, 4.69) is 22.1 Å². The van der Waals surface area contributed by atoms with Crippen molar-refractivity contribution in [1.82, 2.24) is 9.97 Å². The predicted molar refractivity (Wildman–Crippen MR) is 75.2 cm³/mol. The molecule has 0 saturated carbocycles. The van der Waals surface area contributed by atoms with Crippen LogP contribution in [0.2, 0.25) is 0 Å². The number of nitrogens with zero attached hydrogens (tertiary/aromatic N) is 2. The molecule has 0 radical (unpaired) electrons. The molecule has 1 N–H and O–H groups in total. The van der Waals surface area contributed by atoms with Gasteiger partial charge in [-0.2, -0.15) is 0 Å². The van der Waals surface area contributed by atoms with E-state index in [4.69, 9.17) is 4.74 Å². The third kappa shape index (κ3) is 2.32. The van der Waals surface area contributed by atoms with Crippen LogP contribution in [0.4, 0.5) is 0 Å². The van der Waals surface area contributed by atoms with E-state index in [1.54, 1.807) is 12.4 Å². The van der Waals surface area contributed by atoms with Crippen LogP contribution in [0.15, 0.2) is 49.1 Å². The number of aliphatic hydroxyl groups excluding tert-OH is 1. The molecule has 1 aromatic carbocycles. The zero-order valence-electron chi connectivity index (χ0n) is 11.3. The molecule has 4 nitrogen and oxygen atoms in total. The van der Waals surface area contributed by atoms with Crippen molar-refractivity contribution in [3.63, 3.8) is 0 Å². The molecule has 1 fully saturated rings. The van der Waals surface area contributed by atoms with E-state index in [1.165, 1.54) is 6.33 Å². The van der Waals surface area contributed by atoms with Crippen molar-refractivity contribution in [3.8, 4) is 0 Å². The molecule has 3 rings (SSSR count). The Hall–Kier alpha value is -1.78. The van der Waals surface area contributed by atoms with Crippen LogP contribution < -0.4 is 0 Å². The number of aromatic nitrogens is 2. The SMILES string of the molecule is OC(c1cncnc1)C1(c2ccccc2)CCOCC1. The predicted octanol–water partition coefficient (Wildman–Crippen LogP) is 2.26. The minimum absolute atomic E-state index is 0.315. The van der Waals surface area contributed by atoms with Crippen LogP contribution in [0, 0.1) is 0 Å². The maximum absolute atomic E-state index is 10.9. The van der Waals surface area contributed by atoms with Crippen molar-refractivity contribution in [2.24, 2.45) is 0 Å². The summed E-state index contributed by atoms with van der Waals surface area (Å²) in [4.78, 5) is 8.05. The molecule has 0 spiro atoms. The van der Waals surface area contributed by atoms with Crippen molar-refractivity contribution in [2.45, 2.75) is 24.4 Å². The zero-order valence-corrected chi connectivity index (χ0v) is 11.3. The Labute approximate surface area is 118 Å². The lowest BCUT2D eigenvalue weighted by molar-refractivity contribution is -0.0173. The number of hydrogen-bond donors (Lipinski definition) is 1. The summed E-state index contributed by atoms with van der Waals surface area (Å²) in [5, 5.41) is 10.9. The average Bonchev–Trinajstić information content (AvgIpc) is 2.56. The summed E-state index contributed by atoms with van der Waals surface area (Å²) in [5.41, 5.74) is 1.60. The molecule has 1 aliphatic rings. The Morgan fingerprint density at radius 2 is 1.70 bits per heavy atom. The topological polar surface area (TPSA) is 55.2 Å². The van der Waals surface area contributed by atoms with Crippen molar-refractivity contribution < 1.29 is 9.84 Å². The minimum atomic E-state index is -0.616. The zero-order chi connectivity index (χ0) is 13.8. The van der Waals surface area contributed by atoms with E-state index in [9.17, 15) is 5.11 Å². The standard InChI is InChI=1S/C16H18N2O2/c19-15(13-10-17-12-18-11-13)16(6-8-20-9-7-16)14-4-2-1-3-5-14/h1-5,10-12,15,19H,6-9H2. The molecular formula is C16H18N2O2. The number of aliphatic hydroxyl groups is 1. The van der Waals surface area contributed by atoms with Crippen LogP contribution in [-0.2, 0) is 10.2 Å². The van der Waals surface area contributed by atoms with Gasteiger partial charge < -0.3 is 9.84 Å². The monoisotopic (exact) mass is 270 g/mol. The van der Waals surface area contributed by atoms with Gasteiger partial charge in [-0.15, -0.1) is 0 Å². The lowest BCUT2D eigenvalue weighted by atomic mass is 9.68. The molecule has 2 heterocycles. The Kier molecular flexibility index (Phi) is 3.76. The summed E-state index contributed by atoms with van der Waals surface area (Å²) < 4.78 is 5.49. The first kappa shape index (κ1) is 13.2. The number of rotatable bonds is 3. The minimum Gasteiger partial charge on any atom is -0.387 e. The van der Waals surface area contributed by atoms with Gasteiger partial charge in [0, 0.05) is 36.6 Å². The average molecular weight is 270 g/mol. The smallest absolute Gasteiger partial charge is 0.115 e. The molecule has 2 aromatic rings. The van der Waals surface area contributed by atoms with E-state index in [-0.39, 0.29) is 5.41 Å². The molecule has 20 heavy (non-hydrogen) atoms. The van der Waals surface area contributed by atoms with Gasteiger partial charge in [-0.25, -0.2) is 9.97 Å². The molecule has 0 aliphatic carbocycles. The summed E-state index contributed by atoms with van der Waals surface area (Å²) in [6.45, 7) is 1.33. The molecule has 4 heteroatoms. The first-order valence-electron chi connectivity index (χ1n) is 6.89. The highest BCUT2D eigenvalue weighted by molar-refractivity contribution is 5.31. The second-order valence-corrected chi connectivity index (χ2v) is 5.21. The first-order chi connectivity index (χ1) is 9.83. The Balaban J connectivity index is 2.02. The molecule has 0 bridgehead atoms. The summed E-state index contributed by atoms with van der Waals surface area (Å²) in [6, 6.07) is 10.2. The fourth-order valence-corrected chi connectivity index (χ4v) is 3.00. The molecule has 104 valence electrons. The van der Waals surface area contributed by atoms with Crippen LogP contribution in [0.3, 0.4) is 0 Å². The molecule has 0 amide bonds. The number of ether oxygens (including phenoxy) is 1. The Morgan fingerprint density at radius 3 is 2.35 bits per heavy atom. The molecule has 1 aromatic heterocycles. The van der Waals surface area contributed by atoms with Crippen molar-refractivity contribution in [2.75, 3.05) is 13.2 Å². The lowest BCUT2D eigenvalue weighted by Crippen LogP contribution is -2.39. The van der Waals surface area contributed by atoms with Crippen LogP contribution in [-0.4, -0.2) is 28.3 Å². The van der Waals surface area contributed by atoms with Crippen LogP contribution in [0.1, 0.15) is 30.1 Å². The highest BCUT2D eigenvalue weighted by atomic mass is 16.5. The molecular weight excluding hydrogens is 252 g/mol. The molecule has 1 atom stereocenters. The normalized spacial score (nSPS) is 19.4. The summed E-state index contributed by atoms with van der Waals surface area (Å²) >= 11 is 0. The summed E-state index contributed by atoms with van der Waals surface area (Å²) in [7, 11) is 0. The van der Waals surface area contributed by atoms with E-state index in [0.717, 1.165) is 24.0 Å². The molecule has 1 saturated heterocycles. The van der Waals surface area contributed by atoms with Gasteiger partial charge in [0.05, 0.1) is 6.10 Å². The Bertz CT molecular complexity index is 539. The summed E-state index contributed by atoms with van der Waals surface area (Å²) in [6.07, 6.45) is 5.85. The number of benzene rings is 1. The largest absolute Gasteiger partial charge is 0.387 e. The van der Waals surface area contributed by atoms with Gasteiger partial charge in [0.2, 0.25) is 0 Å². The van der Waals surface area contributed by atoms with Crippen molar-refractivity contribution >= 4 is 0 Å². The van der Waals surface area contributed by atoms with Crippen molar-refractivity contribution in [3.05, 3.63) is 60.2 Å². The number of hydrogen-bond acceptors (Lipinski definition) is 4. The fraction of sp³-hybridized carbons (Fsp3) is 0.375. The van der Waals surface area contributed by atoms with Gasteiger partial charge in [-0.3, -0.25) is 0 Å². The molecule has 1 aliphatic heterocycles. The highest BCUT2D eigenvalue weighted by Gasteiger charge is 2.42. The Morgan fingerprint density at radius 1 is 1.05 bits per heavy atom. The second kappa shape index (κ2) is 5.69. The van der Waals surface area contributed by atoms with E-state index < -0.39 is 6.10 Å². The van der Waals surface area contributed by atoms with Gasteiger partial charge in [-0.05, 0) is 18.4 Å². The van der Waals surface area contributed by atoms with Gasteiger partial charge in [0.25, 0.3) is 0 Å². The third-order valence-corrected chi connectivity index (χ3v) is 4.15.